The van der Waals surface area contributed by atoms with Crippen LogP contribution in [0.2, 0.25) is 0 Å². The van der Waals surface area contributed by atoms with Crippen LogP contribution in [0.1, 0.15) is 19.8 Å². The highest BCUT2D eigenvalue weighted by Crippen LogP contribution is 2.14. The van der Waals surface area contributed by atoms with E-state index in [1.807, 2.05) is 0 Å². The van der Waals surface area contributed by atoms with Crippen LogP contribution in [0.5, 0.6) is 0 Å². The molecule has 1 fully saturated rings. The van der Waals surface area contributed by atoms with Crippen molar-refractivity contribution >= 4 is 5.97 Å². The number of aliphatic hydroxyl groups is 1. The SMILES string of the molecule is CC(=O)OC1CCCOC1O. The molecule has 11 heavy (non-hydrogen) atoms. The van der Waals surface area contributed by atoms with Crippen LogP contribution in [0.4, 0.5) is 0 Å². The van der Waals surface area contributed by atoms with Gasteiger partial charge in [-0.1, -0.05) is 0 Å². The van der Waals surface area contributed by atoms with Crippen LogP contribution in [0.25, 0.3) is 0 Å². The summed E-state index contributed by atoms with van der Waals surface area (Å²) >= 11 is 0. The Morgan fingerprint density at radius 3 is 3.00 bits per heavy atom. The molecule has 0 bridgehead atoms. The van der Waals surface area contributed by atoms with Crippen molar-refractivity contribution in [2.75, 3.05) is 6.61 Å². The van der Waals surface area contributed by atoms with Crippen molar-refractivity contribution < 1.29 is 19.4 Å². The molecule has 4 heteroatoms. The van der Waals surface area contributed by atoms with Gasteiger partial charge in [-0.2, -0.15) is 0 Å². The first-order chi connectivity index (χ1) is 5.20. The summed E-state index contributed by atoms with van der Waals surface area (Å²) in [7, 11) is 0. The summed E-state index contributed by atoms with van der Waals surface area (Å²) in [6.45, 7) is 1.86. The third-order valence-corrected chi connectivity index (χ3v) is 1.56. The number of rotatable bonds is 1. The van der Waals surface area contributed by atoms with Gasteiger partial charge in [-0.15, -0.1) is 0 Å². The van der Waals surface area contributed by atoms with Gasteiger partial charge in [0.25, 0.3) is 0 Å². The second-order valence-corrected chi connectivity index (χ2v) is 2.55. The minimum Gasteiger partial charge on any atom is -0.457 e. The third-order valence-electron chi connectivity index (χ3n) is 1.56. The molecule has 1 aliphatic rings. The largest absolute Gasteiger partial charge is 0.457 e. The van der Waals surface area contributed by atoms with Gasteiger partial charge in [0.05, 0.1) is 6.61 Å². The molecule has 2 unspecified atom stereocenters. The Morgan fingerprint density at radius 2 is 2.45 bits per heavy atom. The summed E-state index contributed by atoms with van der Waals surface area (Å²) in [6.07, 6.45) is 0.101. The molecule has 0 aromatic carbocycles. The second kappa shape index (κ2) is 3.69. The monoisotopic (exact) mass is 160 g/mol. The Kier molecular flexibility index (Phi) is 2.84. The fraction of sp³-hybridized carbons (Fsp3) is 0.857. The van der Waals surface area contributed by atoms with Gasteiger partial charge >= 0.3 is 5.97 Å². The van der Waals surface area contributed by atoms with Crippen molar-refractivity contribution in [1.29, 1.82) is 0 Å². The van der Waals surface area contributed by atoms with Gasteiger partial charge in [-0.05, 0) is 12.8 Å². The maximum absolute atomic E-state index is 10.5. The van der Waals surface area contributed by atoms with E-state index in [4.69, 9.17) is 14.6 Å². The minimum atomic E-state index is -0.937. The number of carbonyl (C=O) groups excluding carboxylic acids is 1. The quantitative estimate of drug-likeness (QED) is 0.550. The third kappa shape index (κ3) is 2.48. The molecule has 1 rings (SSSR count). The number of carbonyl (C=O) groups is 1. The Bertz CT molecular complexity index is 145. The van der Waals surface area contributed by atoms with Crippen molar-refractivity contribution in [1.82, 2.24) is 0 Å². The summed E-state index contributed by atoms with van der Waals surface area (Å²) in [5, 5.41) is 9.12. The highest BCUT2D eigenvalue weighted by molar-refractivity contribution is 5.66. The highest BCUT2D eigenvalue weighted by Gasteiger charge is 2.25. The molecular formula is C7H12O4. The number of hydrogen-bond donors (Lipinski definition) is 1. The van der Waals surface area contributed by atoms with Crippen molar-refractivity contribution in [3.8, 4) is 0 Å². The lowest BCUT2D eigenvalue weighted by Crippen LogP contribution is -2.36. The number of ether oxygens (including phenoxy) is 2. The van der Waals surface area contributed by atoms with Gasteiger partial charge in [-0.3, -0.25) is 4.79 Å². The van der Waals surface area contributed by atoms with Gasteiger partial charge in [-0.25, -0.2) is 0 Å². The van der Waals surface area contributed by atoms with Crippen LogP contribution in [0, 0.1) is 0 Å². The normalized spacial score (nSPS) is 31.5. The van der Waals surface area contributed by atoms with Gasteiger partial charge in [0.2, 0.25) is 0 Å². The van der Waals surface area contributed by atoms with Crippen molar-refractivity contribution in [2.45, 2.75) is 32.2 Å². The van der Waals surface area contributed by atoms with Gasteiger partial charge < -0.3 is 14.6 Å². The minimum absolute atomic E-state index is 0.375. The van der Waals surface area contributed by atoms with Crippen LogP contribution in [-0.4, -0.2) is 30.1 Å². The molecule has 2 atom stereocenters. The lowest BCUT2D eigenvalue weighted by Gasteiger charge is -2.26. The maximum Gasteiger partial charge on any atom is 0.303 e. The Labute approximate surface area is 65.1 Å². The standard InChI is InChI=1S/C7H12O4/c1-5(8)11-6-3-2-4-10-7(6)9/h6-7,9H,2-4H2,1H3. The molecule has 0 aromatic rings. The molecule has 0 radical (unpaired) electrons. The van der Waals surface area contributed by atoms with E-state index in [0.717, 1.165) is 6.42 Å². The van der Waals surface area contributed by atoms with Crippen LogP contribution in [0.3, 0.4) is 0 Å². The number of aliphatic hydroxyl groups excluding tert-OH is 1. The first-order valence-electron chi connectivity index (χ1n) is 3.67. The van der Waals surface area contributed by atoms with Gasteiger partial charge in [0.15, 0.2) is 12.4 Å². The van der Waals surface area contributed by atoms with Crippen LogP contribution in [-0.2, 0) is 14.3 Å². The van der Waals surface area contributed by atoms with E-state index in [1.54, 1.807) is 0 Å². The fourth-order valence-corrected chi connectivity index (χ4v) is 1.07. The van der Waals surface area contributed by atoms with Crippen molar-refractivity contribution in [3.63, 3.8) is 0 Å². The molecule has 1 aliphatic heterocycles. The van der Waals surface area contributed by atoms with E-state index in [9.17, 15) is 4.79 Å². The van der Waals surface area contributed by atoms with E-state index in [0.29, 0.717) is 13.0 Å². The smallest absolute Gasteiger partial charge is 0.303 e. The number of hydrogen-bond acceptors (Lipinski definition) is 4. The van der Waals surface area contributed by atoms with E-state index in [1.165, 1.54) is 6.92 Å². The zero-order chi connectivity index (χ0) is 8.27. The summed E-state index contributed by atoms with van der Waals surface area (Å²) in [5.74, 6) is -0.375. The summed E-state index contributed by atoms with van der Waals surface area (Å²) in [5.41, 5.74) is 0. The second-order valence-electron chi connectivity index (χ2n) is 2.55. The summed E-state index contributed by atoms with van der Waals surface area (Å²) in [6, 6.07) is 0. The predicted octanol–water partition coefficient (Wildman–Crippen LogP) is 0.0469. The average molecular weight is 160 g/mol. The van der Waals surface area contributed by atoms with Gasteiger partial charge in [0.1, 0.15) is 0 Å². The molecule has 0 aromatic heterocycles. The van der Waals surface area contributed by atoms with E-state index in [2.05, 4.69) is 0 Å². The van der Waals surface area contributed by atoms with E-state index < -0.39 is 12.4 Å². The molecule has 0 aliphatic carbocycles. The summed E-state index contributed by atoms with van der Waals surface area (Å²) in [4.78, 5) is 10.5. The van der Waals surface area contributed by atoms with Crippen molar-refractivity contribution in [3.05, 3.63) is 0 Å². The molecular weight excluding hydrogens is 148 g/mol. The lowest BCUT2D eigenvalue weighted by atomic mass is 10.1. The first kappa shape index (κ1) is 8.49. The molecule has 1 saturated heterocycles. The zero-order valence-electron chi connectivity index (χ0n) is 6.45. The topological polar surface area (TPSA) is 55.8 Å². The molecule has 64 valence electrons. The van der Waals surface area contributed by atoms with E-state index in [-0.39, 0.29) is 5.97 Å². The molecule has 1 heterocycles. The Balaban J connectivity index is 2.35. The fourth-order valence-electron chi connectivity index (χ4n) is 1.07. The molecule has 0 spiro atoms. The Hall–Kier alpha value is -0.610. The van der Waals surface area contributed by atoms with Gasteiger partial charge in [0, 0.05) is 6.92 Å². The van der Waals surface area contributed by atoms with E-state index >= 15 is 0 Å². The predicted molar refractivity (Wildman–Crippen MR) is 36.7 cm³/mol. The summed E-state index contributed by atoms with van der Waals surface area (Å²) < 4.78 is 9.66. The lowest BCUT2D eigenvalue weighted by molar-refractivity contribution is -0.205. The average Bonchev–Trinajstić information content (AvgIpc) is 1.93. The van der Waals surface area contributed by atoms with Crippen LogP contribution >= 0.6 is 0 Å². The van der Waals surface area contributed by atoms with Crippen LogP contribution in [0.15, 0.2) is 0 Å². The molecule has 0 saturated carbocycles. The molecule has 1 N–H and O–H groups in total. The maximum atomic E-state index is 10.5. The Morgan fingerprint density at radius 1 is 1.73 bits per heavy atom. The van der Waals surface area contributed by atoms with Crippen molar-refractivity contribution in [2.24, 2.45) is 0 Å². The zero-order valence-corrected chi connectivity index (χ0v) is 6.45. The highest BCUT2D eigenvalue weighted by atomic mass is 16.6. The first-order valence-corrected chi connectivity index (χ1v) is 3.67. The molecule has 0 amide bonds. The van der Waals surface area contributed by atoms with Crippen LogP contribution < -0.4 is 0 Å². The number of esters is 1. The molecule has 4 nitrogen and oxygen atoms in total.